The fourth-order valence-corrected chi connectivity index (χ4v) is 2.43. The smallest absolute Gasteiger partial charge is 0.303 e. The van der Waals surface area contributed by atoms with Gasteiger partial charge in [-0.3, -0.25) is 14.5 Å². The van der Waals surface area contributed by atoms with E-state index in [9.17, 15) is 9.59 Å². The standard InChI is InChI=1S/C12H22N2O3/c1-9(6-7-11(15)16)14-8-4-3-5-10(14)12(17)13-2/h9-10H,3-8H2,1-2H3,(H,13,17)(H,15,16). The van der Waals surface area contributed by atoms with Gasteiger partial charge in [-0.15, -0.1) is 0 Å². The number of likely N-dealkylation sites (tertiary alicyclic amines) is 1. The fraction of sp³-hybridized carbons (Fsp3) is 0.833. The second kappa shape index (κ2) is 6.59. The van der Waals surface area contributed by atoms with Crippen LogP contribution in [0.2, 0.25) is 0 Å². The van der Waals surface area contributed by atoms with Gasteiger partial charge in [0, 0.05) is 19.5 Å². The Labute approximate surface area is 102 Å². The first-order valence-electron chi connectivity index (χ1n) is 6.25. The van der Waals surface area contributed by atoms with Crippen molar-refractivity contribution in [3.8, 4) is 0 Å². The molecule has 0 saturated carbocycles. The molecule has 0 aromatic rings. The van der Waals surface area contributed by atoms with E-state index in [1.807, 2.05) is 6.92 Å². The van der Waals surface area contributed by atoms with Crippen LogP contribution in [-0.4, -0.2) is 47.6 Å². The third-order valence-corrected chi connectivity index (χ3v) is 3.44. The average Bonchev–Trinajstić information content (AvgIpc) is 2.34. The molecule has 1 aliphatic heterocycles. The summed E-state index contributed by atoms with van der Waals surface area (Å²) in [6.07, 6.45) is 3.79. The van der Waals surface area contributed by atoms with E-state index < -0.39 is 5.97 Å². The number of hydrogen-bond donors (Lipinski definition) is 2. The fourth-order valence-electron chi connectivity index (χ4n) is 2.43. The highest BCUT2D eigenvalue weighted by Gasteiger charge is 2.31. The highest BCUT2D eigenvalue weighted by molar-refractivity contribution is 5.81. The van der Waals surface area contributed by atoms with E-state index in [1.54, 1.807) is 7.05 Å². The molecule has 1 heterocycles. The SMILES string of the molecule is CNC(=O)C1CCCCN1C(C)CCC(=O)O. The molecule has 5 heteroatoms. The molecule has 0 radical (unpaired) electrons. The summed E-state index contributed by atoms with van der Waals surface area (Å²) in [5.41, 5.74) is 0. The summed E-state index contributed by atoms with van der Waals surface area (Å²) in [7, 11) is 1.65. The molecule has 2 unspecified atom stereocenters. The Bertz CT molecular complexity index is 281. The number of carbonyl (C=O) groups is 2. The number of likely N-dealkylation sites (N-methyl/N-ethyl adjacent to an activating group) is 1. The van der Waals surface area contributed by atoms with Gasteiger partial charge in [0.25, 0.3) is 0 Å². The van der Waals surface area contributed by atoms with E-state index >= 15 is 0 Å². The van der Waals surface area contributed by atoms with E-state index in [4.69, 9.17) is 5.11 Å². The number of amides is 1. The van der Waals surface area contributed by atoms with Crippen LogP contribution in [0.3, 0.4) is 0 Å². The van der Waals surface area contributed by atoms with Crippen molar-refractivity contribution >= 4 is 11.9 Å². The second-order valence-corrected chi connectivity index (χ2v) is 4.65. The van der Waals surface area contributed by atoms with Crippen LogP contribution in [0, 0.1) is 0 Å². The molecule has 0 aromatic carbocycles. The Balaban J connectivity index is 2.57. The molecule has 0 bridgehead atoms. The van der Waals surface area contributed by atoms with Crippen molar-refractivity contribution < 1.29 is 14.7 Å². The molecule has 1 fully saturated rings. The zero-order chi connectivity index (χ0) is 12.8. The number of carboxylic acids is 1. The number of piperidine rings is 1. The van der Waals surface area contributed by atoms with Gasteiger partial charge in [0.05, 0.1) is 6.04 Å². The van der Waals surface area contributed by atoms with Crippen molar-refractivity contribution in [2.24, 2.45) is 0 Å². The largest absolute Gasteiger partial charge is 0.481 e. The van der Waals surface area contributed by atoms with Crippen LogP contribution in [0.4, 0.5) is 0 Å². The third kappa shape index (κ3) is 4.00. The normalized spacial score (nSPS) is 23.1. The summed E-state index contributed by atoms with van der Waals surface area (Å²) in [5, 5.41) is 11.4. The van der Waals surface area contributed by atoms with E-state index in [-0.39, 0.29) is 24.4 Å². The van der Waals surface area contributed by atoms with Crippen LogP contribution in [0.5, 0.6) is 0 Å². The lowest BCUT2D eigenvalue weighted by Gasteiger charge is -2.38. The van der Waals surface area contributed by atoms with Gasteiger partial charge in [-0.05, 0) is 32.7 Å². The van der Waals surface area contributed by atoms with Crippen molar-refractivity contribution in [1.82, 2.24) is 10.2 Å². The van der Waals surface area contributed by atoms with Crippen molar-refractivity contribution in [3.05, 3.63) is 0 Å². The zero-order valence-electron chi connectivity index (χ0n) is 10.6. The number of rotatable bonds is 5. The quantitative estimate of drug-likeness (QED) is 0.749. The Morgan fingerprint density at radius 1 is 1.47 bits per heavy atom. The van der Waals surface area contributed by atoms with E-state index in [0.29, 0.717) is 6.42 Å². The molecule has 0 spiro atoms. The molecule has 5 nitrogen and oxygen atoms in total. The van der Waals surface area contributed by atoms with Crippen LogP contribution in [0.1, 0.15) is 39.0 Å². The molecule has 0 aliphatic carbocycles. The molecule has 2 N–H and O–H groups in total. The Kier molecular flexibility index (Phi) is 5.41. The molecule has 1 amide bonds. The molecule has 17 heavy (non-hydrogen) atoms. The molecule has 2 atom stereocenters. The Morgan fingerprint density at radius 3 is 2.76 bits per heavy atom. The van der Waals surface area contributed by atoms with E-state index in [1.165, 1.54) is 0 Å². The lowest BCUT2D eigenvalue weighted by molar-refractivity contribution is -0.137. The van der Waals surface area contributed by atoms with Crippen molar-refractivity contribution in [2.45, 2.75) is 51.1 Å². The summed E-state index contributed by atoms with van der Waals surface area (Å²) in [4.78, 5) is 24.5. The first-order chi connectivity index (χ1) is 8.06. The summed E-state index contributed by atoms with van der Waals surface area (Å²) in [6, 6.07) is 0.0613. The zero-order valence-corrected chi connectivity index (χ0v) is 10.6. The molecule has 1 saturated heterocycles. The van der Waals surface area contributed by atoms with Gasteiger partial charge >= 0.3 is 5.97 Å². The number of hydrogen-bond acceptors (Lipinski definition) is 3. The summed E-state index contributed by atoms with van der Waals surface area (Å²) < 4.78 is 0. The summed E-state index contributed by atoms with van der Waals surface area (Å²) >= 11 is 0. The van der Waals surface area contributed by atoms with Gasteiger partial charge in [0.2, 0.25) is 5.91 Å². The van der Waals surface area contributed by atoms with Crippen LogP contribution < -0.4 is 5.32 Å². The van der Waals surface area contributed by atoms with E-state index in [2.05, 4.69) is 10.2 Å². The van der Waals surface area contributed by atoms with Gasteiger partial charge in [-0.1, -0.05) is 6.42 Å². The maximum Gasteiger partial charge on any atom is 0.303 e. The number of carboxylic acid groups (broad SMARTS) is 1. The lowest BCUT2D eigenvalue weighted by atomic mass is 9.98. The van der Waals surface area contributed by atoms with Crippen LogP contribution in [0.25, 0.3) is 0 Å². The highest BCUT2D eigenvalue weighted by Crippen LogP contribution is 2.21. The number of nitrogens with one attached hydrogen (secondary N) is 1. The second-order valence-electron chi connectivity index (χ2n) is 4.65. The maximum atomic E-state index is 11.8. The Hall–Kier alpha value is -1.10. The van der Waals surface area contributed by atoms with Gasteiger partial charge in [-0.25, -0.2) is 0 Å². The van der Waals surface area contributed by atoms with Crippen LogP contribution >= 0.6 is 0 Å². The predicted octanol–water partition coefficient (Wildman–Crippen LogP) is 0.840. The molecule has 1 aliphatic rings. The topological polar surface area (TPSA) is 69.6 Å². The molecule has 98 valence electrons. The minimum atomic E-state index is -0.773. The molecular formula is C12H22N2O3. The van der Waals surface area contributed by atoms with Crippen molar-refractivity contribution in [3.63, 3.8) is 0 Å². The Morgan fingerprint density at radius 2 is 2.18 bits per heavy atom. The number of aliphatic carboxylic acids is 1. The van der Waals surface area contributed by atoms with Crippen LogP contribution in [-0.2, 0) is 9.59 Å². The molecule has 0 aromatic heterocycles. The monoisotopic (exact) mass is 242 g/mol. The van der Waals surface area contributed by atoms with Gasteiger partial charge in [0.1, 0.15) is 0 Å². The first kappa shape index (κ1) is 14.0. The minimum Gasteiger partial charge on any atom is -0.481 e. The number of nitrogens with zero attached hydrogens (tertiary/aromatic N) is 1. The van der Waals surface area contributed by atoms with Gasteiger partial charge in [0.15, 0.2) is 0 Å². The third-order valence-electron chi connectivity index (χ3n) is 3.44. The van der Waals surface area contributed by atoms with Crippen LogP contribution in [0.15, 0.2) is 0 Å². The highest BCUT2D eigenvalue weighted by atomic mass is 16.4. The van der Waals surface area contributed by atoms with E-state index in [0.717, 1.165) is 25.8 Å². The summed E-state index contributed by atoms with van der Waals surface area (Å²) in [5.74, 6) is -0.725. The average molecular weight is 242 g/mol. The van der Waals surface area contributed by atoms with Crippen molar-refractivity contribution in [2.75, 3.05) is 13.6 Å². The van der Waals surface area contributed by atoms with Crippen molar-refractivity contribution in [1.29, 1.82) is 0 Å². The molecule has 1 rings (SSSR count). The first-order valence-corrected chi connectivity index (χ1v) is 6.25. The number of carbonyl (C=O) groups excluding carboxylic acids is 1. The van der Waals surface area contributed by atoms with Gasteiger partial charge < -0.3 is 10.4 Å². The maximum absolute atomic E-state index is 11.8. The molecular weight excluding hydrogens is 220 g/mol. The summed E-state index contributed by atoms with van der Waals surface area (Å²) in [6.45, 7) is 2.89. The predicted molar refractivity (Wildman–Crippen MR) is 64.7 cm³/mol. The van der Waals surface area contributed by atoms with Gasteiger partial charge in [-0.2, -0.15) is 0 Å². The lowest BCUT2D eigenvalue weighted by Crippen LogP contribution is -2.52. The minimum absolute atomic E-state index is 0.0480.